The molecule has 0 saturated heterocycles. The molecule has 0 spiro atoms. The zero-order valence-corrected chi connectivity index (χ0v) is 17.1. The molecule has 0 aromatic heterocycles. The molecule has 2 aromatic carbocycles. The van der Waals surface area contributed by atoms with Crippen molar-refractivity contribution < 1.29 is 21.6 Å². The summed E-state index contributed by atoms with van der Waals surface area (Å²) >= 11 is 0. The van der Waals surface area contributed by atoms with Gasteiger partial charge in [-0.3, -0.25) is 9.52 Å². The molecular weight excluding hydrogens is 388 g/mol. The molecule has 0 bridgehead atoms. The minimum atomic E-state index is -3.46. The first-order valence-corrected chi connectivity index (χ1v) is 11.8. The van der Waals surface area contributed by atoms with E-state index in [0.29, 0.717) is 16.8 Å². The lowest BCUT2D eigenvalue weighted by Gasteiger charge is -2.16. The maximum atomic E-state index is 12.5. The summed E-state index contributed by atoms with van der Waals surface area (Å²) < 4.78 is 48.3. The predicted molar refractivity (Wildman–Crippen MR) is 105 cm³/mol. The normalized spacial score (nSPS) is 13.0. The molecule has 0 radical (unpaired) electrons. The van der Waals surface area contributed by atoms with Gasteiger partial charge in [0.15, 0.2) is 9.84 Å². The van der Waals surface area contributed by atoms with Crippen molar-refractivity contribution in [1.29, 1.82) is 0 Å². The van der Waals surface area contributed by atoms with Crippen molar-refractivity contribution >= 4 is 31.5 Å². The number of rotatable bonds is 6. The maximum absolute atomic E-state index is 12.5. The predicted octanol–water partition coefficient (Wildman–Crippen LogP) is 2.26. The lowest BCUT2D eigenvalue weighted by Crippen LogP contribution is -2.26. The summed E-state index contributed by atoms with van der Waals surface area (Å²) in [7, 11) is -6.73. The molecule has 9 heteroatoms. The smallest absolute Gasteiger partial charge is 0.251 e. The van der Waals surface area contributed by atoms with E-state index in [4.69, 9.17) is 0 Å². The largest absolute Gasteiger partial charge is 0.346 e. The van der Waals surface area contributed by atoms with E-state index >= 15 is 0 Å². The topological polar surface area (TPSA) is 109 Å². The molecule has 0 aliphatic heterocycles. The van der Waals surface area contributed by atoms with Gasteiger partial charge in [-0.2, -0.15) is 0 Å². The van der Waals surface area contributed by atoms with Crippen LogP contribution in [0.4, 0.5) is 5.69 Å². The van der Waals surface area contributed by atoms with Gasteiger partial charge in [0.1, 0.15) is 0 Å². The van der Waals surface area contributed by atoms with Gasteiger partial charge in [0.2, 0.25) is 10.0 Å². The molecule has 0 fully saturated rings. The Morgan fingerprint density at radius 1 is 0.963 bits per heavy atom. The number of hydrogen-bond acceptors (Lipinski definition) is 5. The van der Waals surface area contributed by atoms with E-state index in [9.17, 15) is 21.6 Å². The van der Waals surface area contributed by atoms with Gasteiger partial charge in [0.25, 0.3) is 5.91 Å². The first kappa shape index (κ1) is 20.9. The molecule has 7 nitrogen and oxygen atoms in total. The molecule has 2 rings (SSSR count). The fourth-order valence-electron chi connectivity index (χ4n) is 2.44. The molecule has 27 heavy (non-hydrogen) atoms. The van der Waals surface area contributed by atoms with E-state index in [0.717, 1.165) is 18.1 Å². The fraction of sp³-hybridized carbons (Fsp3) is 0.278. The van der Waals surface area contributed by atoms with Gasteiger partial charge in [0, 0.05) is 11.8 Å². The zero-order valence-electron chi connectivity index (χ0n) is 15.5. The van der Waals surface area contributed by atoms with Crippen molar-refractivity contribution in [2.75, 3.05) is 17.2 Å². The lowest BCUT2D eigenvalue weighted by atomic mass is 10.1. The van der Waals surface area contributed by atoms with Crippen LogP contribution in [0, 0.1) is 6.92 Å². The average molecular weight is 411 g/mol. The monoisotopic (exact) mass is 410 g/mol. The average Bonchev–Trinajstić information content (AvgIpc) is 2.54. The molecule has 1 unspecified atom stereocenters. The van der Waals surface area contributed by atoms with Crippen LogP contribution in [0.3, 0.4) is 0 Å². The molecule has 0 heterocycles. The number of anilines is 1. The quantitative estimate of drug-likeness (QED) is 0.759. The second-order valence-electron chi connectivity index (χ2n) is 6.44. The van der Waals surface area contributed by atoms with Gasteiger partial charge >= 0.3 is 0 Å². The maximum Gasteiger partial charge on any atom is 0.251 e. The molecule has 2 N–H and O–H groups in total. The summed E-state index contributed by atoms with van der Waals surface area (Å²) in [5, 5.41) is 2.81. The Hall–Kier alpha value is -2.39. The highest BCUT2D eigenvalue weighted by molar-refractivity contribution is 7.92. The van der Waals surface area contributed by atoms with Crippen molar-refractivity contribution in [2.45, 2.75) is 24.8 Å². The molecular formula is C18H22N2O5S2. The van der Waals surface area contributed by atoms with Crippen molar-refractivity contribution in [1.82, 2.24) is 5.32 Å². The van der Waals surface area contributed by atoms with Crippen LogP contribution in [0.5, 0.6) is 0 Å². The van der Waals surface area contributed by atoms with Crippen molar-refractivity contribution in [2.24, 2.45) is 0 Å². The number of sulfonamides is 1. The Balaban J connectivity index is 2.18. The van der Waals surface area contributed by atoms with Crippen LogP contribution in [0.25, 0.3) is 0 Å². The van der Waals surface area contributed by atoms with E-state index in [2.05, 4.69) is 10.0 Å². The Kier molecular flexibility index (Phi) is 5.96. The molecule has 1 amide bonds. The van der Waals surface area contributed by atoms with Gasteiger partial charge in [-0.05, 0) is 49.2 Å². The Morgan fingerprint density at radius 2 is 1.56 bits per heavy atom. The van der Waals surface area contributed by atoms with E-state index in [1.165, 1.54) is 18.2 Å². The highest BCUT2D eigenvalue weighted by Crippen LogP contribution is 2.20. The van der Waals surface area contributed by atoms with Gasteiger partial charge < -0.3 is 5.32 Å². The van der Waals surface area contributed by atoms with E-state index in [-0.39, 0.29) is 16.8 Å². The first-order chi connectivity index (χ1) is 12.4. The highest BCUT2D eigenvalue weighted by atomic mass is 32.2. The number of amides is 1. The van der Waals surface area contributed by atoms with Crippen LogP contribution in [0.2, 0.25) is 0 Å². The second kappa shape index (κ2) is 7.69. The third-order valence-corrected chi connectivity index (χ3v) is 5.67. The van der Waals surface area contributed by atoms with E-state index in [1.807, 2.05) is 0 Å². The SMILES string of the molecule is Cc1ccc(C(=O)NC(C)c2ccc(S(C)(=O)=O)cc2)cc1NS(C)(=O)=O. The number of carbonyl (C=O) groups is 1. The number of sulfone groups is 1. The van der Waals surface area contributed by atoms with Crippen LogP contribution in [-0.2, 0) is 19.9 Å². The lowest BCUT2D eigenvalue weighted by molar-refractivity contribution is 0.0940. The number of carbonyl (C=O) groups excluding carboxylic acids is 1. The Bertz CT molecular complexity index is 1060. The molecule has 0 aliphatic rings. The fourth-order valence-corrected chi connectivity index (χ4v) is 3.69. The number of hydrogen-bond donors (Lipinski definition) is 2. The summed E-state index contributed by atoms with van der Waals surface area (Å²) in [6, 6.07) is 10.7. The summed E-state index contributed by atoms with van der Waals surface area (Å²) in [5.74, 6) is -0.369. The van der Waals surface area contributed by atoms with Crippen molar-refractivity contribution in [3.05, 3.63) is 59.2 Å². The molecule has 1 atom stereocenters. The van der Waals surface area contributed by atoms with E-state index < -0.39 is 19.9 Å². The van der Waals surface area contributed by atoms with Crippen LogP contribution >= 0.6 is 0 Å². The number of nitrogens with one attached hydrogen (secondary N) is 2. The summed E-state index contributed by atoms with van der Waals surface area (Å²) in [6.07, 6.45) is 2.17. The van der Waals surface area contributed by atoms with Crippen LogP contribution in [0.1, 0.15) is 34.5 Å². The van der Waals surface area contributed by atoms with Crippen molar-refractivity contribution in [3.63, 3.8) is 0 Å². The third kappa shape index (κ3) is 5.80. The van der Waals surface area contributed by atoms with Gasteiger partial charge in [0.05, 0.1) is 22.9 Å². The van der Waals surface area contributed by atoms with Crippen LogP contribution < -0.4 is 10.0 Å². The third-order valence-electron chi connectivity index (χ3n) is 3.95. The second-order valence-corrected chi connectivity index (χ2v) is 10.2. The summed E-state index contributed by atoms with van der Waals surface area (Å²) in [4.78, 5) is 12.7. The molecule has 0 aliphatic carbocycles. The molecule has 146 valence electrons. The summed E-state index contributed by atoms with van der Waals surface area (Å²) in [5.41, 5.74) is 2.10. The number of aryl methyl sites for hydroxylation is 1. The van der Waals surface area contributed by atoms with Crippen LogP contribution in [0.15, 0.2) is 47.4 Å². The standard InChI is InChI=1S/C18H22N2O5S2/c1-12-5-6-15(11-17(12)20-27(4,24)25)18(21)19-13(2)14-7-9-16(10-8-14)26(3,22)23/h5-11,13,20H,1-4H3,(H,19,21). The van der Waals surface area contributed by atoms with Gasteiger partial charge in [-0.1, -0.05) is 18.2 Å². The number of benzene rings is 2. The van der Waals surface area contributed by atoms with Crippen molar-refractivity contribution in [3.8, 4) is 0 Å². The zero-order chi connectivity index (χ0) is 20.4. The summed E-state index contributed by atoms with van der Waals surface area (Å²) in [6.45, 7) is 3.51. The highest BCUT2D eigenvalue weighted by Gasteiger charge is 2.15. The first-order valence-electron chi connectivity index (χ1n) is 8.06. The van der Waals surface area contributed by atoms with E-state index in [1.54, 1.807) is 38.1 Å². The van der Waals surface area contributed by atoms with Crippen LogP contribution in [-0.4, -0.2) is 35.3 Å². The molecule has 0 saturated carbocycles. The molecule has 2 aromatic rings. The minimum absolute atomic E-state index is 0.208. The van der Waals surface area contributed by atoms with Gasteiger partial charge in [-0.15, -0.1) is 0 Å². The minimum Gasteiger partial charge on any atom is -0.346 e. The Labute approximate surface area is 159 Å². The van der Waals surface area contributed by atoms with Gasteiger partial charge in [-0.25, -0.2) is 16.8 Å². The Morgan fingerprint density at radius 3 is 2.07 bits per heavy atom.